The maximum absolute atomic E-state index is 12.3. The van der Waals surface area contributed by atoms with Gasteiger partial charge in [-0.25, -0.2) is 0 Å². The Labute approximate surface area is 157 Å². The summed E-state index contributed by atoms with van der Waals surface area (Å²) in [4.78, 5) is 12.3. The molecule has 1 aliphatic heterocycles. The van der Waals surface area contributed by atoms with Crippen LogP contribution in [0.3, 0.4) is 0 Å². The SMILES string of the molecule is Cc1cc(NC(=O)C2CCOCC2)cc(C)c1OCCNC(C)C.Cl. The molecule has 6 heteroatoms. The molecule has 0 saturated carbocycles. The number of benzene rings is 1. The highest BCUT2D eigenvalue weighted by molar-refractivity contribution is 5.93. The van der Waals surface area contributed by atoms with Gasteiger partial charge in [-0.1, -0.05) is 13.8 Å². The molecule has 1 heterocycles. The molecule has 0 aliphatic carbocycles. The van der Waals surface area contributed by atoms with Crippen LogP contribution in [0.25, 0.3) is 0 Å². The first-order valence-corrected chi connectivity index (χ1v) is 8.83. The van der Waals surface area contributed by atoms with E-state index in [-0.39, 0.29) is 24.2 Å². The summed E-state index contributed by atoms with van der Waals surface area (Å²) < 4.78 is 11.2. The first kappa shape index (κ1) is 21.7. The van der Waals surface area contributed by atoms with Crippen molar-refractivity contribution in [1.82, 2.24) is 5.32 Å². The van der Waals surface area contributed by atoms with Crippen molar-refractivity contribution >= 4 is 24.0 Å². The molecule has 2 N–H and O–H groups in total. The van der Waals surface area contributed by atoms with Gasteiger partial charge in [0.1, 0.15) is 12.4 Å². The van der Waals surface area contributed by atoms with Gasteiger partial charge in [0.15, 0.2) is 0 Å². The number of carbonyl (C=O) groups is 1. The number of nitrogens with one attached hydrogen (secondary N) is 2. The first-order valence-electron chi connectivity index (χ1n) is 8.83. The average molecular weight is 371 g/mol. The molecule has 1 aromatic carbocycles. The lowest BCUT2D eigenvalue weighted by Crippen LogP contribution is -2.28. The topological polar surface area (TPSA) is 59.6 Å². The molecule has 1 saturated heterocycles. The summed E-state index contributed by atoms with van der Waals surface area (Å²) in [6.07, 6.45) is 1.60. The van der Waals surface area contributed by atoms with Crippen LogP contribution in [-0.2, 0) is 9.53 Å². The normalized spacial score (nSPS) is 14.9. The predicted octanol–water partition coefficient (Wildman–Crippen LogP) is 3.47. The fourth-order valence-electron chi connectivity index (χ4n) is 2.95. The first-order chi connectivity index (χ1) is 11.5. The highest BCUT2D eigenvalue weighted by atomic mass is 35.5. The Morgan fingerprint density at radius 3 is 2.40 bits per heavy atom. The van der Waals surface area contributed by atoms with Gasteiger partial charge in [-0.3, -0.25) is 4.79 Å². The van der Waals surface area contributed by atoms with Crippen molar-refractivity contribution in [3.05, 3.63) is 23.3 Å². The summed E-state index contributed by atoms with van der Waals surface area (Å²) in [6.45, 7) is 11.1. The van der Waals surface area contributed by atoms with E-state index in [1.807, 2.05) is 26.0 Å². The van der Waals surface area contributed by atoms with E-state index in [9.17, 15) is 4.79 Å². The maximum Gasteiger partial charge on any atom is 0.227 e. The van der Waals surface area contributed by atoms with Crippen molar-refractivity contribution in [2.45, 2.75) is 46.6 Å². The van der Waals surface area contributed by atoms with Gasteiger partial charge in [0.25, 0.3) is 0 Å². The van der Waals surface area contributed by atoms with Crippen LogP contribution in [0.2, 0.25) is 0 Å². The smallest absolute Gasteiger partial charge is 0.227 e. The molecule has 0 unspecified atom stereocenters. The van der Waals surface area contributed by atoms with Crippen molar-refractivity contribution in [2.75, 3.05) is 31.7 Å². The summed E-state index contributed by atoms with van der Waals surface area (Å²) in [7, 11) is 0. The van der Waals surface area contributed by atoms with Crippen LogP contribution in [0.5, 0.6) is 5.75 Å². The number of amides is 1. The minimum absolute atomic E-state index is 0. The molecule has 5 nitrogen and oxygen atoms in total. The van der Waals surface area contributed by atoms with Crippen molar-refractivity contribution in [2.24, 2.45) is 5.92 Å². The maximum atomic E-state index is 12.3. The molecule has 1 amide bonds. The monoisotopic (exact) mass is 370 g/mol. The highest BCUT2D eigenvalue weighted by Crippen LogP contribution is 2.28. The lowest BCUT2D eigenvalue weighted by molar-refractivity contribution is -0.122. The van der Waals surface area contributed by atoms with Crippen LogP contribution in [0.4, 0.5) is 5.69 Å². The molecule has 2 rings (SSSR count). The second kappa shape index (κ2) is 10.6. The van der Waals surface area contributed by atoms with Gasteiger partial charge in [-0.05, 0) is 49.9 Å². The Hall–Kier alpha value is -1.30. The molecule has 0 aromatic heterocycles. The van der Waals surface area contributed by atoms with E-state index < -0.39 is 0 Å². The third-order valence-corrected chi connectivity index (χ3v) is 4.22. The molecule has 1 aliphatic rings. The average Bonchev–Trinajstić information content (AvgIpc) is 2.54. The number of ether oxygens (including phenoxy) is 2. The summed E-state index contributed by atoms with van der Waals surface area (Å²) in [5.74, 6) is 1.05. The number of carbonyl (C=O) groups excluding carboxylic acids is 1. The quantitative estimate of drug-likeness (QED) is 0.721. The lowest BCUT2D eigenvalue weighted by Gasteiger charge is -2.22. The lowest BCUT2D eigenvalue weighted by atomic mass is 9.99. The molecular weight excluding hydrogens is 340 g/mol. The molecule has 0 atom stereocenters. The Morgan fingerprint density at radius 2 is 1.84 bits per heavy atom. The number of aryl methyl sites for hydroxylation is 2. The number of anilines is 1. The zero-order chi connectivity index (χ0) is 17.5. The van der Waals surface area contributed by atoms with E-state index >= 15 is 0 Å². The zero-order valence-corrected chi connectivity index (χ0v) is 16.5. The number of hydrogen-bond donors (Lipinski definition) is 2. The van der Waals surface area contributed by atoms with Crippen LogP contribution >= 0.6 is 12.4 Å². The molecule has 0 radical (unpaired) electrons. The van der Waals surface area contributed by atoms with E-state index in [4.69, 9.17) is 9.47 Å². The molecule has 142 valence electrons. The number of halogens is 1. The van der Waals surface area contributed by atoms with Gasteiger partial charge in [0, 0.05) is 37.4 Å². The van der Waals surface area contributed by atoms with Crippen LogP contribution in [0.15, 0.2) is 12.1 Å². The van der Waals surface area contributed by atoms with Crippen LogP contribution in [0.1, 0.15) is 37.8 Å². The van der Waals surface area contributed by atoms with Gasteiger partial charge in [-0.2, -0.15) is 0 Å². The molecule has 25 heavy (non-hydrogen) atoms. The highest BCUT2D eigenvalue weighted by Gasteiger charge is 2.21. The van der Waals surface area contributed by atoms with Gasteiger partial charge in [0.05, 0.1) is 0 Å². The van der Waals surface area contributed by atoms with E-state index in [1.165, 1.54) is 0 Å². The number of hydrogen-bond acceptors (Lipinski definition) is 4. The molecule has 0 bridgehead atoms. The Kier molecular flexibility index (Phi) is 9.25. The van der Waals surface area contributed by atoms with E-state index in [2.05, 4.69) is 24.5 Å². The predicted molar refractivity (Wildman–Crippen MR) is 104 cm³/mol. The van der Waals surface area contributed by atoms with Gasteiger partial charge in [-0.15, -0.1) is 12.4 Å². The van der Waals surface area contributed by atoms with Gasteiger partial charge >= 0.3 is 0 Å². The molecular formula is C19H31ClN2O3. The van der Waals surface area contributed by atoms with Crippen molar-refractivity contribution in [3.8, 4) is 5.75 Å². The van der Waals surface area contributed by atoms with E-state index in [1.54, 1.807) is 0 Å². The van der Waals surface area contributed by atoms with Crippen LogP contribution < -0.4 is 15.4 Å². The van der Waals surface area contributed by atoms with Crippen molar-refractivity contribution in [1.29, 1.82) is 0 Å². The Bertz CT molecular complexity index is 535. The van der Waals surface area contributed by atoms with E-state index in [0.717, 1.165) is 42.0 Å². The fourth-order valence-corrected chi connectivity index (χ4v) is 2.95. The second-order valence-corrected chi connectivity index (χ2v) is 6.77. The third kappa shape index (κ3) is 6.84. The molecule has 0 spiro atoms. The zero-order valence-electron chi connectivity index (χ0n) is 15.7. The minimum atomic E-state index is 0. The number of rotatable bonds is 7. The standard InChI is InChI=1S/C19H30N2O3.ClH/c1-13(2)20-7-10-24-18-14(3)11-17(12-15(18)4)21-19(22)16-5-8-23-9-6-16;/h11-13,16,20H,5-10H2,1-4H3,(H,21,22);1H. The Balaban J connectivity index is 0.00000312. The summed E-state index contributed by atoms with van der Waals surface area (Å²) >= 11 is 0. The van der Waals surface area contributed by atoms with Crippen molar-refractivity contribution < 1.29 is 14.3 Å². The van der Waals surface area contributed by atoms with Crippen molar-refractivity contribution in [3.63, 3.8) is 0 Å². The Morgan fingerprint density at radius 1 is 1.24 bits per heavy atom. The summed E-state index contributed by atoms with van der Waals surface area (Å²) in [5.41, 5.74) is 2.93. The molecule has 1 aromatic rings. The van der Waals surface area contributed by atoms with Gasteiger partial charge < -0.3 is 20.1 Å². The summed E-state index contributed by atoms with van der Waals surface area (Å²) in [6, 6.07) is 4.42. The molecule has 1 fully saturated rings. The van der Waals surface area contributed by atoms with Gasteiger partial charge in [0.2, 0.25) is 5.91 Å². The largest absolute Gasteiger partial charge is 0.492 e. The minimum Gasteiger partial charge on any atom is -0.492 e. The van der Waals surface area contributed by atoms with E-state index in [0.29, 0.717) is 25.9 Å². The second-order valence-electron chi connectivity index (χ2n) is 6.77. The van der Waals surface area contributed by atoms with Crippen LogP contribution in [0, 0.1) is 19.8 Å². The fraction of sp³-hybridized carbons (Fsp3) is 0.632. The van der Waals surface area contributed by atoms with Crippen LogP contribution in [-0.4, -0.2) is 38.3 Å². The third-order valence-electron chi connectivity index (χ3n) is 4.22. The summed E-state index contributed by atoms with van der Waals surface area (Å²) in [5, 5.41) is 6.38.